The second-order valence-electron chi connectivity index (χ2n) is 3.62. The number of nitrogens with two attached hydrogens (primary N) is 1. The zero-order chi connectivity index (χ0) is 10.7. The third-order valence-corrected chi connectivity index (χ3v) is 5.09. The molecular weight excluding hydrogens is 321 g/mol. The lowest BCUT2D eigenvalue weighted by atomic mass is 10.2. The van der Waals surface area contributed by atoms with Crippen molar-refractivity contribution in [2.75, 3.05) is 18.9 Å². The molecule has 0 atom stereocenters. The van der Waals surface area contributed by atoms with Crippen molar-refractivity contribution in [1.29, 1.82) is 0 Å². The molecule has 1 saturated heterocycles. The summed E-state index contributed by atoms with van der Waals surface area (Å²) in [6.07, 6.45) is 2.32. The first-order valence-electron chi connectivity index (χ1n) is 5.05. The van der Waals surface area contributed by atoms with E-state index in [4.69, 9.17) is 10.5 Å². The molecular formula is C11H14INOS. The Morgan fingerprint density at radius 1 is 1.33 bits per heavy atom. The maximum Gasteiger partial charge on any atom is 0.0476 e. The van der Waals surface area contributed by atoms with Gasteiger partial charge in [0.2, 0.25) is 0 Å². The van der Waals surface area contributed by atoms with E-state index in [2.05, 4.69) is 28.7 Å². The molecule has 1 heterocycles. The van der Waals surface area contributed by atoms with Gasteiger partial charge in [-0.15, -0.1) is 11.8 Å². The van der Waals surface area contributed by atoms with Crippen molar-refractivity contribution in [1.82, 2.24) is 0 Å². The van der Waals surface area contributed by atoms with Crippen molar-refractivity contribution >= 4 is 40.0 Å². The molecule has 0 aliphatic carbocycles. The zero-order valence-corrected chi connectivity index (χ0v) is 11.4. The lowest BCUT2D eigenvalue weighted by Gasteiger charge is -2.21. The number of hydrogen-bond acceptors (Lipinski definition) is 3. The summed E-state index contributed by atoms with van der Waals surface area (Å²) in [6.45, 7) is 1.81. The molecule has 15 heavy (non-hydrogen) atoms. The number of halogens is 1. The van der Waals surface area contributed by atoms with Crippen LogP contribution >= 0.6 is 34.4 Å². The fraction of sp³-hybridized carbons (Fsp3) is 0.455. The molecule has 1 aromatic rings. The number of nitrogen functional groups attached to an aromatic ring is 1. The fourth-order valence-electron chi connectivity index (χ4n) is 1.59. The van der Waals surface area contributed by atoms with Gasteiger partial charge in [0, 0.05) is 32.6 Å². The van der Waals surface area contributed by atoms with Crippen molar-refractivity contribution in [2.45, 2.75) is 23.0 Å². The summed E-state index contributed by atoms with van der Waals surface area (Å²) < 4.78 is 6.61. The number of rotatable bonds is 2. The standard InChI is InChI=1S/C11H14INOS/c12-10-7-8(13)1-2-11(10)15-9-3-5-14-6-4-9/h1-2,7,9H,3-6,13H2. The van der Waals surface area contributed by atoms with Crippen LogP contribution in [0.15, 0.2) is 23.1 Å². The number of benzene rings is 1. The van der Waals surface area contributed by atoms with Gasteiger partial charge in [-0.3, -0.25) is 0 Å². The van der Waals surface area contributed by atoms with Crippen molar-refractivity contribution in [3.8, 4) is 0 Å². The topological polar surface area (TPSA) is 35.2 Å². The highest BCUT2D eigenvalue weighted by atomic mass is 127. The van der Waals surface area contributed by atoms with Crippen molar-refractivity contribution < 1.29 is 4.74 Å². The number of anilines is 1. The summed E-state index contributed by atoms with van der Waals surface area (Å²) in [5.41, 5.74) is 6.57. The molecule has 1 aliphatic heterocycles. The first-order chi connectivity index (χ1) is 7.25. The third kappa shape index (κ3) is 3.26. The van der Waals surface area contributed by atoms with Crippen LogP contribution in [0.5, 0.6) is 0 Å². The van der Waals surface area contributed by atoms with E-state index in [0.717, 1.165) is 31.7 Å². The van der Waals surface area contributed by atoms with E-state index >= 15 is 0 Å². The van der Waals surface area contributed by atoms with Gasteiger partial charge in [-0.05, 0) is 53.6 Å². The molecule has 2 rings (SSSR count). The summed E-state index contributed by atoms with van der Waals surface area (Å²) >= 11 is 4.31. The smallest absolute Gasteiger partial charge is 0.0476 e. The van der Waals surface area contributed by atoms with E-state index in [-0.39, 0.29) is 0 Å². The molecule has 0 amide bonds. The zero-order valence-electron chi connectivity index (χ0n) is 8.41. The van der Waals surface area contributed by atoms with Gasteiger partial charge in [0.1, 0.15) is 0 Å². The molecule has 1 aromatic carbocycles. The van der Waals surface area contributed by atoms with Gasteiger partial charge < -0.3 is 10.5 Å². The van der Waals surface area contributed by atoms with E-state index < -0.39 is 0 Å². The van der Waals surface area contributed by atoms with Crippen LogP contribution in [0.25, 0.3) is 0 Å². The van der Waals surface area contributed by atoms with Crippen LogP contribution in [-0.2, 0) is 4.74 Å². The van der Waals surface area contributed by atoms with Crippen LogP contribution in [0.1, 0.15) is 12.8 Å². The summed E-state index contributed by atoms with van der Waals surface area (Å²) in [5, 5.41) is 0.705. The molecule has 0 spiro atoms. The Balaban J connectivity index is 2.03. The fourth-order valence-corrected chi connectivity index (χ4v) is 3.61. The van der Waals surface area contributed by atoms with Crippen molar-refractivity contribution in [2.24, 2.45) is 0 Å². The summed E-state index contributed by atoms with van der Waals surface area (Å²) in [5.74, 6) is 0. The summed E-state index contributed by atoms with van der Waals surface area (Å²) in [4.78, 5) is 1.34. The highest BCUT2D eigenvalue weighted by Gasteiger charge is 2.16. The van der Waals surface area contributed by atoms with Gasteiger partial charge in [-0.2, -0.15) is 0 Å². The molecule has 2 N–H and O–H groups in total. The van der Waals surface area contributed by atoms with Gasteiger partial charge >= 0.3 is 0 Å². The second kappa shape index (κ2) is 5.41. The minimum absolute atomic E-state index is 0.705. The predicted octanol–water partition coefficient (Wildman–Crippen LogP) is 3.14. The van der Waals surface area contributed by atoms with Crippen molar-refractivity contribution in [3.05, 3.63) is 21.8 Å². The maximum absolute atomic E-state index is 5.73. The van der Waals surface area contributed by atoms with Crippen LogP contribution in [0, 0.1) is 3.57 Å². The van der Waals surface area contributed by atoms with Gasteiger partial charge in [-0.1, -0.05) is 0 Å². The highest BCUT2D eigenvalue weighted by molar-refractivity contribution is 14.1. The quantitative estimate of drug-likeness (QED) is 0.666. The molecule has 82 valence electrons. The Morgan fingerprint density at radius 2 is 2.07 bits per heavy atom. The normalized spacial score (nSPS) is 17.9. The van der Waals surface area contributed by atoms with E-state index in [1.165, 1.54) is 8.47 Å². The van der Waals surface area contributed by atoms with E-state index in [1.54, 1.807) is 0 Å². The molecule has 4 heteroatoms. The average molecular weight is 335 g/mol. The van der Waals surface area contributed by atoms with Crippen molar-refractivity contribution in [3.63, 3.8) is 0 Å². The lowest BCUT2D eigenvalue weighted by molar-refractivity contribution is 0.100. The number of thioether (sulfide) groups is 1. The Bertz CT molecular complexity index is 339. The highest BCUT2D eigenvalue weighted by Crippen LogP contribution is 2.33. The Labute approximate surface area is 108 Å². The van der Waals surface area contributed by atoms with Crippen LogP contribution in [0.4, 0.5) is 5.69 Å². The molecule has 0 saturated carbocycles. The lowest BCUT2D eigenvalue weighted by Crippen LogP contribution is -2.17. The van der Waals surface area contributed by atoms with Crippen LogP contribution < -0.4 is 5.73 Å². The summed E-state index contributed by atoms with van der Waals surface area (Å²) in [6, 6.07) is 6.13. The van der Waals surface area contributed by atoms with Gasteiger partial charge in [-0.25, -0.2) is 0 Å². The largest absolute Gasteiger partial charge is 0.399 e. The predicted molar refractivity (Wildman–Crippen MR) is 73.3 cm³/mol. The molecule has 0 radical (unpaired) electrons. The molecule has 1 fully saturated rings. The molecule has 0 bridgehead atoms. The third-order valence-electron chi connectivity index (χ3n) is 2.42. The van der Waals surface area contributed by atoms with Gasteiger partial charge in [0.25, 0.3) is 0 Å². The molecule has 0 aromatic heterocycles. The first-order valence-corrected chi connectivity index (χ1v) is 7.01. The average Bonchev–Trinajstić information content (AvgIpc) is 2.24. The summed E-state index contributed by atoms with van der Waals surface area (Å²) in [7, 11) is 0. The second-order valence-corrected chi connectivity index (χ2v) is 6.12. The Hall–Kier alpha value is 0.0600. The molecule has 0 unspecified atom stereocenters. The SMILES string of the molecule is Nc1ccc(SC2CCOCC2)c(I)c1. The van der Waals surface area contributed by atoms with E-state index in [9.17, 15) is 0 Å². The minimum Gasteiger partial charge on any atom is -0.399 e. The van der Waals surface area contributed by atoms with E-state index in [0.29, 0.717) is 5.25 Å². The Morgan fingerprint density at radius 3 is 2.73 bits per heavy atom. The molecule has 1 aliphatic rings. The maximum atomic E-state index is 5.73. The number of ether oxygens (including phenoxy) is 1. The van der Waals surface area contributed by atoms with Crippen LogP contribution in [0.2, 0.25) is 0 Å². The minimum atomic E-state index is 0.705. The van der Waals surface area contributed by atoms with Crippen LogP contribution in [-0.4, -0.2) is 18.5 Å². The number of hydrogen-bond donors (Lipinski definition) is 1. The molecule has 2 nitrogen and oxygen atoms in total. The first kappa shape index (κ1) is 11.5. The monoisotopic (exact) mass is 335 g/mol. The van der Waals surface area contributed by atoms with E-state index in [1.807, 2.05) is 23.9 Å². The Kier molecular flexibility index (Phi) is 4.16. The van der Waals surface area contributed by atoms with Crippen LogP contribution in [0.3, 0.4) is 0 Å². The van der Waals surface area contributed by atoms with Gasteiger partial charge in [0.15, 0.2) is 0 Å². The van der Waals surface area contributed by atoms with Gasteiger partial charge in [0.05, 0.1) is 0 Å².